The number of nitrogens with zero attached hydrogens (tertiary/aromatic N) is 3. The van der Waals surface area contributed by atoms with E-state index in [0.717, 1.165) is 24.5 Å². The minimum Gasteiger partial charge on any atom is -0.450 e. The number of piperazine rings is 1. The largest absolute Gasteiger partial charge is 0.450 e. The van der Waals surface area contributed by atoms with Crippen LogP contribution in [-0.4, -0.2) is 48.8 Å². The predicted octanol–water partition coefficient (Wildman–Crippen LogP) is 1.25. The van der Waals surface area contributed by atoms with Gasteiger partial charge in [0.05, 0.1) is 12.3 Å². The van der Waals surface area contributed by atoms with Gasteiger partial charge in [0.2, 0.25) is 0 Å². The van der Waals surface area contributed by atoms with E-state index in [-0.39, 0.29) is 6.09 Å². The second-order valence-corrected chi connectivity index (χ2v) is 4.60. The van der Waals surface area contributed by atoms with Crippen LogP contribution in [0.4, 0.5) is 16.3 Å². The molecule has 2 N–H and O–H groups in total. The van der Waals surface area contributed by atoms with Crippen LogP contribution in [-0.2, 0) is 4.74 Å². The third-order valence-electron chi connectivity index (χ3n) is 3.14. The Labute approximate surface area is 113 Å². The molecule has 2 heterocycles. The van der Waals surface area contributed by atoms with Gasteiger partial charge >= 0.3 is 6.09 Å². The van der Waals surface area contributed by atoms with Crippen LogP contribution in [0.1, 0.15) is 12.5 Å². The van der Waals surface area contributed by atoms with Gasteiger partial charge in [0.25, 0.3) is 0 Å². The lowest BCUT2D eigenvalue weighted by molar-refractivity contribution is 0.105. The highest BCUT2D eigenvalue weighted by Crippen LogP contribution is 2.22. The maximum absolute atomic E-state index is 11.6. The monoisotopic (exact) mass is 264 g/mol. The van der Waals surface area contributed by atoms with Crippen molar-refractivity contribution in [2.45, 2.75) is 13.8 Å². The van der Waals surface area contributed by atoms with Gasteiger partial charge in [0, 0.05) is 32.4 Å². The van der Waals surface area contributed by atoms with Crippen molar-refractivity contribution in [3.05, 3.63) is 17.8 Å². The SMILES string of the molecule is CCOC(=O)N1CCN(c2ncc(C)cc2N)CC1. The van der Waals surface area contributed by atoms with E-state index in [1.807, 2.05) is 26.1 Å². The summed E-state index contributed by atoms with van der Waals surface area (Å²) in [6.07, 6.45) is 1.57. The maximum atomic E-state index is 11.6. The Hall–Kier alpha value is -1.98. The number of hydrogen-bond acceptors (Lipinski definition) is 5. The second kappa shape index (κ2) is 5.77. The predicted molar refractivity (Wildman–Crippen MR) is 74.2 cm³/mol. The molecule has 0 aliphatic carbocycles. The number of ether oxygens (including phenoxy) is 1. The van der Waals surface area contributed by atoms with Crippen molar-refractivity contribution >= 4 is 17.6 Å². The molecule has 1 saturated heterocycles. The molecule has 6 heteroatoms. The average molecular weight is 264 g/mol. The standard InChI is InChI=1S/C13H20N4O2/c1-3-19-13(18)17-6-4-16(5-7-17)12-11(14)8-10(2)9-15-12/h8-9H,3-7,14H2,1-2H3. The summed E-state index contributed by atoms with van der Waals surface area (Å²) in [7, 11) is 0. The van der Waals surface area contributed by atoms with Gasteiger partial charge in [-0.15, -0.1) is 0 Å². The molecular weight excluding hydrogens is 244 g/mol. The zero-order valence-corrected chi connectivity index (χ0v) is 11.4. The van der Waals surface area contributed by atoms with E-state index in [0.29, 0.717) is 25.4 Å². The molecular formula is C13H20N4O2. The van der Waals surface area contributed by atoms with Crippen LogP contribution in [0.3, 0.4) is 0 Å². The summed E-state index contributed by atoms with van der Waals surface area (Å²) < 4.78 is 4.99. The van der Waals surface area contributed by atoms with Crippen LogP contribution >= 0.6 is 0 Å². The molecule has 0 saturated carbocycles. The number of aromatic nitrogens is 1. The Balaban J connectivity index is 1.98. The highest BCUT2D eigenvalue weighted by molar-refractivity contribution is 5.69. The summed E-state index contributed by atoms with van der Waals surface area (Å²) in [5.74, 6) is 0.800. The molecule has 1 aliphatic rings. The van der Waals surface area contributed by atoms with Gasteiger partial charge in [-0.05, 0) is 25.5 Å². The average Bonchev–Trinajstić information content (AvgIpc) is 2.39. The summed E-state index contributed by atoms with van der Waals surface area (Å²) in [5, 5.41) is 0. The molecule has 0 atom stereocenters. The van der Waals surface area contributed by atoms with Gasteiger partial charge in [-0.1, -0.05) is 0 Å². The van der Waals surface area contributed by atoms with Gasteiger partial charge in [0.15, 0.2) is 5.82 Å². The smallest absolute Gasteiger partial charge is 0.409 e. The number of carbonyl (C=O) groups excluding carboxylic acids is 1. The van der Waals surface area contributed by atoms with Gasteiger partial charge < -0.3 is 20.3 Å². The van der Waals surface area contributed by atoms with E-state index in [1.165, 1.54) is 0 Å². The summed E-state index contributed by atoms with van der Waals surface area (Å²) in [5.41, 5.74) is 7.72. The van der Waals surface area contributed by atoms with Crippen LogP contribution in [0.15, 0.2) is 12.3 Å². The molecule has 1 amide bonds. The minimum atomic E-state index is -0.244. The van der Waals surface area contributed by atoms with E-state index in [1.54, 1.807) is 4.90 Å². The molecule has 19 heavy (non-hydrogen) atoms. The van der Waals surface area contributed by atoms with E-state index in [2.05, 4.69) is 9.88 Å². The molecule has 1 aromatic heterocycles. The highest BCUT2D eigenvalue weighted by atomic mass is 16.6. The molecule has 0 radical (unpaired) electrons. The normalized spacial score (nSPS) is 15.5. The molecule has 1 aromatic rings. The quantitative estimate of drug-likeness (QED) is 0.870. The Bertz CT molecular complexity index is 456. The third-order valence-corrected chi connectivity index (χ3v) is 3.14. The van der Waals surface area contributed by atoms with Crippen molar-refractivity contribution < 1.29 is 9.53 Å². The first kappa shape index (κ1) is 13.5. The molecule has 6 nitrogen and oxygen atoms in total. The van der Waals surface area contributed by atoms with Gasteiger partial charge in [-0.25, -0.2) is 9.78 Å². The van der Waals surface area contributed by atoms with Crippen molar-refractivity contribution in [1.82, 2.24) is 9.88 Å². The van der Waals surface area contributed by atoms with E-state index >= 15 is 0 Å². The molecule has 0 aromatic carbocycles. The number of anilines is 2. The number of rotatable bonds is 2. The molecule has 0 spiro atoms. The van der Waals surface area contributed by atoms with Crippen molar-refractivity contribution in [1.29, 1.82) is 0 Å². The Morgan fingerprint density at radius 3 is 2.68 bits per heavy atom. The van der Waals surface area contributed by atoms with Crippen LogP contribution in [0.25, 0.3) is 0 Å². The fourth-order valence-corrected chi connectivity index (χ4v) is 2.16. The number of hydrogen-bond donors (Lipinski definition) is 1. The summed E-state index contributed by atoms with van der Waals surface area (Å²) in [4.78, 5) is 19.8. The molecule has 0 bridgehead atoms. The van der Waals surface area contributed by atoms with Crippen LogP contribution < -0.4 is 10.6 Å². The number of carbonyl (C=O) groups is 1. The number of amides is 1. The number of nitrogens with two attached hydrogens (primary N) is 1. The topological polar surface area (TPSA) is 71.7 Å². The fourth-order valence-electron chi connectivity index (χ4n) is 2.16. The van der Waals surface area contributed by atoms with E-state index in [4.69, 9.17) is 10.5 Å². The van der Waals surface area contributed by atoms with Gasteiger partial charge in [-0.3, -0.25) is 0 Å². The number of nitrogen functional groups attached to an aromatic ring is 1. The summed E-state index contributed by atoms with van der Waals surface area (Å²) >= 11 is 0. The number of pyridine rings is 1. The van der Waals surface area contributed by atoms with Crippen LogP contribution in [0.2, 0.25) is 0 Å². The zero-order chi connectivity index (χ0) is 13.8. The lowest BCUT2D eigenvalue weighted by Gasteiger charge is -2.35. The zero-order valence-electron chi connectivity index (χ0n) is 11.4. The highest BCUT2D eigenvalue weighted by Gasteiger charge is 2.23. The molecule has 1 aliphatic heterocycles. The first-order valence-corrected chi connectivity index (χ1v) is 6.50. The summed E-state index contributed by atoms with van der Waals surface area (Å²) in [6.45, 7) is 6.89. The molecule has 2 rings (SSSR count). The molecule has 0 unspecified atom stereocenters. The Kier molecular flexibility index (Phi) is 4.09. The van der Waals surface area contributed by atoms with E-state index < -0.39 is 0 Å². The maximum Gasteiger partial charge on any atom is 0.409 e. The van der Waals surface area contributed by atoms with Crippen molar-refractivity contribution in [3.8, 4) is 0 Å². The first-order valence-electron chi connectivity index (χ1n) is 6.50. The lowest BCUT2D eigenvalue weighted by Crippen LogP contribution is -2.49. The van der Waals surface area contributed by atoms with Crippen molar-refractivity contribution in [2.24, 2.45) is 0 Å². The molecule has 1 fully saturated rings. The Morgan fingerprint density at radius 2 is 2.11 bits per heavy atom. The van der Waals surface area contributed by atoms with Gasteiger partial charge in [0.1, 0.15) is 0 Å². The third kappa shape index (κ3) is 3.07. The molecule has 104 valence electrons. The first-order chi connectivity index (χ1) is 9.11. The Morgan fingerprint density at radius 1 is 1.42 bits per heavy atom. The minimum absolute atomic E-state index is 0.244. The lowest BCUT2D eigenvalue weighted by atomic mass is 10.2. The second-order valence-electron chi connectivity index (χ2n) is 4.60. The van der Waals surface area contributed by atoms with Gasteiger partial charge in [-0.2, -0.15) is 0 Å². The van der Waals surface area contributed by atoms with Crippen molar-refractivity contribution in [3.63, 3.8) is 0 Å². The number of aryl methyl sites for hydroxylation is 1. The van der Waals surface area contributed by atoms with Crippen LogP contribution in [0, 0.1) is 6.92 Å². The van der Waals surface area contributed by atoms with E-state index in [9.17, 15) is 4.79 Å². The van der Waals surface area contributed by atoms with Crippen LogP contribution in [0.5, 0.6) is 0 Å². The van der Waals surface area contributed by atoms with Crippen molar-refractivity contribution in [2.75, 3.05) is 43.4 Å². The summed E-state index contributed by atoms with van der Waals surface area (Å²) in [6, 6.07) is 1.92. The fraction of sp³-hybridized carbons (Fsp3) is 0.538.